The van der Waals surface area contributed by atoms with Crippen molar-refractivity contribution in [1.29, 1.82) is 0 Å². The van der Waals surface area contributed by atoms with Crippen LogP contribution < -0.4 is 4.90 Å². The minimum Gasteiger partial charge on any atom is -0.508 e. The van der Waals surface area contributed by atoms with Crippen LogP contribution in [-0.4, -0.2) is 47.6 Å². The van der Waals surface area contributed by atoms with Gasteiger partial charge in [0.25, 0.3) is 0 Å². The van der Waals surface area contributed by atoms with Crippen LogP contribution in [0.5, 0.6) is 5.75 Å². The Bertz CT molecular complexity index is 442. The van der Waals surface area contributed by atoms with Gasteiger partial charge in [-0.15, -0.1) is 0 Å². The molecule has 1 aromatic carbocycles. The third-order valence-corrected chi connectivity index (χ3v) is 2.92. The summed E-state index contributed by atoms with van der Waals surface area (Å²) in [7, 11) is 0. The highest BCUT2D eigenvalue weighted by molar-refractivity contribution is 5.76. The standard InChI is InChI=1S/C12H15NO5/c14-10-2-1-8(13-3-5-18-6-4-13)7-9(10)11(15)12(16)17/h1-2,7,11,14-15H,3-6H2,(H,16,17). The van der Waals surface area contributed by atoms with Crippen LogP contribution in [0, 0.1) is 0 Å². The molecule has 1 saturated heterocycles. The summed E-state index contributed by atoms with van der Waals surface area (Å²) in [6.45, 7) is 2.62. The molecule has 0 saturated carbocycles. The molecule has 0 bridgehead atoms. The first-order chi connectivity index (χ1) is 8.59. The van der Waals surface area contributed by atoms with E-state index in [9.17, 15) is 15.0 Å². The van der Waals surface area contributed by atoms with Crippen molar-refractivity contribution < 1.29 is 24.9 Å². The average molecular weight is 253 g/mol. The van der Waals surface area contributed by atoms with Gasteiger partial charge in [0, 0.05) is 24.3 Å². The van der Waals surface area contributed by atoms with Crippen LogP contribution in [0.25, 0.3) is 0 Å². The number of carboxylic acids is 1. The number of hydrogen-bond donors (Lipinski definition) is 3. The van der Waals surface area contributed by atoms with Crippen molar-refractivity contribution in [2.45, 2.75) is 6.10 Å². The van der Waals surface area contributed by atoms with E-state index >= 15 is 0 Å². The lowest BCUT2D eigenvalue weighted by atomic mass is 10.1. The van der Waals surface area contributed by atoms with E-state index in [-0.39, 0.29) is 11.3 Å². The number of carboxylic acid groups (broad SMARTS) is 1. The Morgan fingerprint density at radius 1 is 1.33 bits per heavy atom. The molecular weight excluding hydrogens is 238 g/mol. The number of aliphatic hydroxyl groups excluding tert-OH is 1. The molecule has 6 heteroatoms. The first-order valence-electron chi connectivity index (χ1n) is 5.66. The van der Waals surface area contributed by atoms with E-state index in [4.69, 9.17) is 9.84 Å². The maximum atomic E-state index is 10.7. The number of hydrogen-bond acceptors (Lipinski definition) is 5. The molecule has 3 N–H and O–H groups in total. The van der Waals surface area contributed by atoms with Gasteiger partial charge in [0.2, 0.25) is 0 Å². The SMILES string of the molecule is O=C(O)C(O)c1cc(N2CCOCC2)ccc1O. The highest BCUT2D eigenvalue weighted by Crippen LogP contribution is 2.29. The number of carbonyl (C=O) groups is 1. The predicted molar refractivity (Wildman–Crippen MR) is 63.7 cm³/mol. The summed E-state index contributed by atoms with van der Waals surface area (Å²) in [5.41, 5.74) is 0.776. The van der Waals surface area contributed by atoms with Gasteiger partial charge in [-0.05, 0) is 18.2 Å². The van der Waals surface area contributed by atoms with Crippen molar-refractivity contribution in [2.75, 3.05) is 31.2 Å². The van der Waals surface area contributed by atoms with E-state index in [1.807, 2.05) is 4.90 Å². The van der Waals surface area contributed by atoms with Crippen molar-refractivity contribution in [3.8, 4) is 5.75 Å². The lowest BCUT2D eigenvalue weighted by Gasteiger charge is -2.29. The monoisotopic (exact) mass is 253 g/mol. The molecule has 0 radical (unpaired) electrons. The summed E-state index contributed by atoms with van der Waals surface area (Å²) in [5.74, 6) is -1.61. The summed E-state index contributed by atoms with van der Waals surface area (Å²) >= 11 is 0. The van der Waals surface area contributed by atoms with Crippen molar-refractivity contribution >= 4 is 11.7 Å². The second kappa shape index (κ2) is 5.24. The van der Waals surface area contributed by atoms with Crippen LogP contribution in [0.1, 0.15) is 11.7 Å². The Balaban J connectivity index is 2.27. The molecule has 1 aliphatic heterocycles. The average Bonchev–Trinajstić information content (AvgIpc) is 2.39. The largest absolute Gasteiger partial charge is 0.508 e. The molecule has 0 aromatic heterocycles. The molecule has 98 valence electrons. The zero-order valence-electron chi connectivity index (χ0n) is 9.74. The molecule has 6 nitrogen and oxygen atoms in total. The van der Waals surface area contributed by atoms with Gasteiger partial charge in [0.15, 0.2) is 6.10 Å². The number of aromatic hydroxyl groups is 1. The number of morpholine rings is 1. The van der Waals surface area contributed by atoms with Crippen LogP contribution in [0.2, 0.25) is 0 Å². The van der Waals surface area contributed by atoms with Gasteiger partial charge < -0.3 is 25.0 Å². The zero-order chi connectivity index (χ0) is 13.1. The molecule has 1 aliphatic rings. The Morgan fingerprint density at radius 3 is 2.61 bits per heavy atom. The van der Waals surface area contributed by atoms with Crippen LogP contribution in [-0.2, 0) is 9.53 Å². The summed E-state index contributed by atoms with van der Waals surface area (Å²) < 4.78 is 5.23. The number of rotatable bonds is 3. The topological polar surface area (TPSA) is 90.2 Å². The van der Waals surface area contributed by atoms with Crippen molar-refractivity contribution in [3.05, 3.63) is 23.8 Å². The fourth-order valence-corrected chi connectivity index (χ4v) is 1.91. The number of benzene rings is 1. The van der Waals surface area contributed by atoms with Gasteiger partial charge in [-0.3, -0.25) is 0 Å². The van der Waals surface area contributed by atoms with E-state index in [0.717, 1.165) is 5.69 Å². The van der Waals surface area contributed by atoms with E-state index in [1.54, 1.807) is 6.07 Å². The molecule has 0 spiro atoms. The van der Waals surface area contributed by atoms with Gasteiger partial charge in [-0.1, -0.05) is 0 Å². The molecule has 0 amide bonds. The van der Waals surface area contributed by atoms with Crippen LogP contribution in [0.3, 0.4) is 0 Å². The van der Waals surface area contributed by atoms with Crippen LogP contribution >= 0.6 is 0 Å². The van der Waals surface area contributed by atoms with E-state index < -0.39 is 12.1 Å². The maximum absolute atomic E-state index is 10.7. The normalized spacial score (nSPS) is 17.5. The van der Waals surface area contributed by atoms with Gasteiger partial charge in [-0.25, -0.2) is 4.79 Å². The minimum atomic E-state index is -1.72. The highest BCUT2D eigenvalue weighted by atomic mass is 16.5. The molecule has 1 fully saturated rings. The lowest BCUT2D eigenvalue weighted by Crippen LogP contribution is -2.36. The second-order valence-electron chi connectivity index (χ2n) is 4.08. The third-order valence-electron chi connectivity index (χ3n) is 2.92. The summed E-state index contributed by atoms with van der Waals surface area (Å²) in [6, 6.07) is 4.59. The molecule has 18 heavy (non-hydrogen) atoms. The van der Waals surface area contributed by atoms with Crippen LogP contribution in [0.15, 0.2) is 18.2 Å². The smallest absolute Gasteiger partial charge is 0.337 e. The Hall–Kier alpha value is -1.79. The first kappa shape index (κ1) is 12.7. The maximum Gasteiger partial charge on any atom is 0.337 e. The third kappa shape index (κ3) is 2.55. The first-order valence-corrected chi connectivity index (χ1v) is 5.66. The fourth-order valence-electron chi connectivity index (χ4n) is 1.91. The quantitative estimate of drug-likeness (QED) is 0.720. The number of phenolic OH excluding ortho intramolecular Hbond substituents is 1. The number of ether oxygens (including phenoxy) is 1. The fraction of sp³-hybridized carbons (Fsp3) is 0.417. The van der Waals surface area contributed by atoms with E-state index in [0.29, 0.717) is 26.3 Å². The van der Waals surface area contributed by atoms with Crippen molar-refractivity contribution in [3.63, 3.8) is 0 Å². The second-order valence-corrected chi connectivity index (χ2v) is 4.08. The molecular formula is C12H15NO5. The molecule has 2 rings (SSSR count). The Morgan fingerprint density at radius 2 is 2.00 bits per heavy atom. The van der Waals surface area contributed by atoms with Gasteiger partial charge >= 0.3 is 5.97 Å². The molecule has 1 atom stereocenters. The minimum absolute atomic E-state index is 0.00601. The number of aliphatic hydroxyl groups is 1. The van der Waals surface area contributed by atoms with Gasteiger partial charge in [0.1, 0.15) is 5.75 Å². The molecule has 1 heterocycles. The Kier molecular flexibility index (Phi) is 3.69. The highest BCUT2D eigenvalue weighted by Gasteiger charge is 2.21. The van der Waals surface area contributed by atoms with Gasteiger partial charge in [-0.2, -0.15) is 0 Å². The summed E-state index contributed by atoms with van der Waals surface area (Å²) in [4.78, 5) is 12.8. The Labute approximate surface area is 104 Å². The molecule has 1 unspecified atom stereocenters. The van der Waals surface area contributed by atoms with Crippen LogP contribution in [0.4, 0.5) is 5.69 Å². The number of anilines is 1. The predicted octanol–water partition coefficient (Wildman–Crippen LogP) is 0.347. The number of nitrogens with zero attached hydrogens (tertiary/aromatic N) is 1. The zero-order valence-corrected chi connectivity index (χ0v) is 9.74. The molecule has 0 aliphatic carbocycles. The number of aliphatic carboxylic acids is 1. The lowest BCUT2D eigenvalue weighted by molar-refractivity contribution is -0.147. The van der Waals surface area contributed by atoms with Gasteiger partial charge in [0.05, 0.1) is 13.2 Å². The van der Waals surface area contributed by atoms with Crippen molar-refractivity contribution in [1.82, 2.24) is 0 Å². The van der Waals surface area contributed by atoms with E-state index in [1.165, 1.54) is 12.1 Å². The number of phenols is 1. The van der Waals surface area contributed by atoms with E-state index in [2.05, 4.69) is 0 Å². The summed E-state index contributed by atoms with van der Waals surface area (Å²) in [6.07, 6.45) is -1.72. The summed E-state index contributed by atoms with van der Waals surface area (Å²) in [5, 5.41) is 27.9. The van der Waals surface area contributed by atoms with Crippen molar-refractivity contribution in [2.24, 2.45) is 0 Å². The molecule has 1 aromatic rings.